The van der Waals surface area contributed by atoms with E-state index in [9.17, 15) is 4.79 Å². The molecule has 1 aromatic rings. The molecule has 21 heavy (non-hydrogen) atoms. The van der Waals surface area contributed by atoms with E-state index in [0.717, 1.165) is 50.5 Å². The smallest absolute Gasteiger partial charge is 0.223 e. The van der Waals surface area contributed by atoms with Crippen LogP contribution in [0, 0.1) is 5.92 Å². The summed E-state index contributed by atoms with van der Waals surface area (Å²) >= 11 is 0. The fraction of sp³-hybridized carbons (Fsp3) is 0.786. The highest BCUT2D eigenvalue weighted by molar-refractivity contribution is 5.79. The van der Waals surface area contributed by atoms with Crippen molar-refractivity contribution in [2.24, 2.45) is 5.92 Å². The van der Waals surface area contributed by atoms with Gasteiger partial charge in [-0.3, -0.25) is 4.79 Å². The van der Waals surface area contributed by atoms with Crippen molar-refractivity contribution in [3.63, 3.8) is 0 Å². The molecule has 3 heterocycles. The summed E-state index contributed by atoms with van der Waals surface area (Å²) in [5.74, 6) is 2.03. The van der Waals surface area contributed by atoms with E-state index in [-0.39, 0.29) is 17.9 Å². The van der Waals surface area contributed by atoms with Crippen LogP contribution in [0.25, 0.3) is 0 Å². The van der Waals surface area contributed by atoms with Crippen LogP contribution in [0.15, 0.2) is 0 Å². The van der Waals surface area contributed by atoms with Crippen LogP contribution in [-0.4, -0.2) is 47.0 Å². The van der Waals surface area contributed by atoms with Gasteiger partial charge >= 0.3 is 0 Å². The normalized spacial score (nSPS) is 21.4. The minimum Gasteiger partial charge on any atom is -0.381 e. The van der Waals surface area contributed by atoms with E-state index in [1.165, 1.54) is 0 Å². The van der Waals surface area contributed by atoms with Crippen molar-refractivity contribution in [2.45, 2.75) is 38.8 Å². The van der Waals surface area contributed by atoms with Gasteiger partial charge in [0.15, 0.2) is 5.82 Å². The van der Waals surface area contributed by atoms with Gasteiger partial charge in [-0.15, -0.1) is 10.2 Å². The molecule has 1 fully saturated rings. The van der Waals surface area contributed by atoms with Crippen molar-refractivity contribution < 1.29 is 9.53 Å². The molecule has 7 nitrogen and oxygen atoms in total. The van der Waals surface area contributed by atoms with Gasteiger partial charge < -0.3 is 19.9 Å². The number of rotatable bonds is 3. The van der Waals surface area contributed by atoms with E-state index in [4.69, 9.17) is 4.74 Å². The monoisotopic (exact) mass is 293 g/mol. The Labute approximate surface area is 124 Å². The zero-order valence-corrected chi connectivity index (χ0v) is 12.5. The summed E-state index contributed by atoms with van der Waals surface area (Å²) in [5, 5.41) is 15.0. The number of hydrogen-bond acceptors (Lipinski definition) is 5. The summed E-state index contributed by atoms with van der Waals surface area (Å²) in [6.45, 7) is 6.04. The molecule has 7 heteroatoms. The third kappa shape index (κ3) is 3.24. The number of ether oxygens (including phenoxy) is 1. The largest absolute Gasteiger partial charge is 0.381 e. The van der Waals surface area contributed by atoms with Crippen molar-refractivity contribution in [1.29, 1.82) is 0 Å². The summed E-state index contributed by atoms with van der Waals surface area (Å²) in [4.78, 5) is 12.3. The number of hydrogen-bond donors (Lipinski definition) is 2. The number of nitrogens with zero attached hydrogens (tertiary/aromatic N) is 3. The second-order valence-corrected chi connectivity index (χ2v) is 5.74. The summed E-state index contributed by atoms with van der Waals surface area (Å²) in [6, 6.07) is -0.111. The summed E-state index contributed by atoms with van der Waals surface area (Å²) in [5.41, 5.74) is 0. The molecule has 2 aliphatic heterocycles. The van der Waals surface area contributed by atoms with Gasteiger partial charge in [-0.2, -0.15) is 0 Å². The fourth-order valence-corrected chi connectivity index (χ4v) is 2.97. The maximum Gasteiger partial charge on any atom is 0.223 e. The standard InChI is InChI=1S/C14H23N5O2/c1-10(16-14(20)11-3-8-21-9-4-11)13-18-17-12-2-5-15-6-7-19(12)13/h10-11,15H,2-9H2,1H3,(H,16,20)/t10-/m1/s1. The van der Waals surface area contributed by atoms with Crippen LogP contribution in [0.1, 0.15) is 37.5 Å². The Kier molecular flexibility index (Phi) is 4.50. The number of carbonyl (C=O) groups excluding carboxylic acids is 1. The number of aromatic nitrogens is 3. The van der Waals surface area contributed by atoms with Crippen molar-refractivity contribution in [2.75, 3.05) is 26.3 Å². The van der Waals surface area contributed by atoms with Crippen LogP contribution in [0.4, 0.5) is 0 Å². The van der Waals surface area contributed by atoms with Crippen LogP contribution >= 0.6 is 0 Å². The third-order valence-corrected chi connectivity index (χ3v) is 4.23. The van der Waals surface area contributed by atoms with E-state index in [1.54, 1.807) is 0 Å². The topological polar surface area (TPSA) is 81.1 Å². The molecule has 2 aliphatic rings. The number of nitrogens with one attached hydrogen (secondary N) is 2. The van der Waals surface area contributed by atoms with Crippen LogP contribution in [0.5, 0.6) is 0 Å². The van der Waals surface area contributed by atoms with Crippen LogP contribution in [0.3, 0.4) is 0 Å². The Morgan fingerprint density at radius 2 is 2.19 bits per heavy atom. The maximum atomic E-state index is 12.3. The highest BCUT2D eigenvalue weighted by Gasteiger charge is 2.25. The Bertz CT molecular complexity index is 496. The molecule has 1 amide bonds. The Balaban J connectivity index is 1.66. The molecule has 0 spiro atoms. The first-order chi connectivity index (χ1) is 10.3. The Hall–Kier alpha value is -1.47. The number of amides is 1. The van der Waals surface area contributed by atoms with E-state index in [2.05, 4.69) is 25.4 Å². The molecule has 0 aromatic carbocycles. The quantitative estimate of drug-likeness (QED) is 0.821. The van der Waals surface area contributed by atoms with Gasteiger partial charge in [0.1, 0.15) is 5.82 Å². The van der Waals surface area contributed by atoms with Gasteiger partial charge in [0, 0.05) is 45.2 Å². The first-order valence-electron chi connectivity index (χ1n) is 7.76. The molecule has 116 valence electrons. The van der Waals surface area contributed by atoms with Gasteiger partial charge in [-0.25, -0.2) is 0 Å². The highest BCUT2D eigenvalue weighted by atomic mass is 16.5. The van der Waals surface area contributed by atoms with Crippen molar-refractivity contribution >= 4 is 5.91 Å². The lowest BCUT2D eigenvalue weighted by atomic mass is 9.99. The zero-order chi connectivity index (χ0) is 14.7. The van der Waals surface area contributed by atoms with Crippen LogP contribution < -0.4 is 10.6 Å². The Morgan fingerprint density at radius 3 is 3.00 bits per heavy atom. The first kappa shape index (κ1) is 14.5. The number of carbonyl (C=O) groups is 1. The zero-order valence-electron chi connectivity index (χ0n) is 12.5. The van der Waals surface area contributed by atoms with E-state index >= 15 is 0 Å². The highest BCUT2D eigenvalue weighted by Crippen LogP contribution is 2.18. The molecule has 1 atom stereocenters. The van der Waals surface area contributed by atoms with Gasteiger partial charge in [-0.05, 0) is 19.8 Å². The minimum absolute atomic E-state index is 0.0643. The van der Waals surface area contributed by atoms with Gasteiger partial charge in [-0.1, -0.05) is 0 Å². The van der Waals surface area contributed by atoms with Crippen molar-refractivity contribution in [3.8, 4) is 0 Å². The predicted octanol–water partition coefficient (Wildman–Crippen LogP) is 0.0276. The average molecular weight is 293 g/mol. The molecule has 0 radical (unpaired) electrons. The molecule has 0 unspecified atom stereocenters. The SMILES string of the molecule is C[C@@H](NC(=O)C1CCOCC1)c1nnc2n1CCNCC2. The summed E-state index contributed by atoms with van der Waals surface area (Å²) in [6.07, 6.45) is 2.49. The molecule has 0 saturated carbocycles. The maximum absolute atomic E-state index is 12.3. The molecular formula is C14H23N5O2. The van der Waals surface area contributed by atoms with Gasteiger partial charge in [0.2, 0.25) is 5.91 Å². The summed E-state index contributed by atoms with van der Waals surface area (Å²) < 4.78 is 7.44. The molecule has 2 N–H and O–H groups in total. The molecule has 3 rings (SSSR count). The Morgan fingerprint density at radius 1 is 1.38 bits per heavy atom. The van der Waals surface area contributed by atoms with E-state index in [1.807, 2.05) is 6.92 Å². The van der Waals surface area contributed by atoms with Crippen LogP contribution in [-0.2, 0) is 22.5 Å². The van der Waals surface area contributed by atoms with Crippen molar-refractivity contribution in [3.05, 3.63) is 11.6 Å². The predicted molar refractivity (Wildman–Crippen MR) is 76.7 cm³/mol. The van der Waals surface area contributed by atoms with Crippen LogP contribution in [0.2, 0.25) is 0 Å². The fourth-order valence-electron chi connectivity index (χ4n) is 2.97. The third-order valence-electron chi connectivity index (χ3n) is 4.23. The second kappa shape index (κ2) is 6.53. The average Bonchev–Trinajstić information content (AvgIpc) is 2.77. The molecule has 1 aromatic heterocycles. The molecule has 0 bridgehead atoms. The van der Waals surface area contributed by atoms with Gasteiger partial charge in [0.25, 0.3) is 0 Å². The molecule has 0 aliphatic carbocycles. The lowest BCUT2D eigenvalue weighted by molar-refractivity contribution is -0.128. The van der Waals surface area contributed by atoms with Crippen molar-refractivity contribution in [1.82, 2.24) is 25.4 Å². The van der Waals surface area contributed by atoms with Gasteiger partial charge in [0.05, 0.1) is 6.04 Å². The lowest BCUT2D eigenvalue weighted by Gasteiger charge is -2.23. The lowest BCUT2D eigenvalue weighted by Crippen LogP contribution is -2.36. The molecular weight excluding hydrogens is 270 g/mol. The number of fused-ring (bicyclic) bond motifs is 1. The molecule has 1 saturated heterocycles. The van der Waals surface area contributed by atoms with E-state index in [0.29, 0.717) is 13.2 Å². The summed E-state index contributed by atoms with van der Waals surface area (Å²) in [7, 11) is 0. The first-order valence-corrected chi connectivity index (χ1v) is 7.76. The second-order valence-electron chi connectivity index (χ2n) is 5.74. The van der Waals surface area contributed by atoms with E-state index < -0.39 is 0 Å². The minimum atomic E-state index is -0.111.